The van der Waals surface area contributed by atoms with E-state index in [0.717, 1.165) is 15.4 Å². The van der Waals surface area contributed by atoms with Crippen LogP contribution in [0.4, 0.5) is 0 Å². The molecule has 0 aliphatic heterocycles. The van der Waals surface area contributed by atoms with Gasteiger partial charge in [0.05, 0.1) is 4.90 Å². The topological polar surface area (TPSA) is 79.0 Å². The average Bonchev–Trinajstić information content (AvgIpc) is 2.73. The second-order valence-corrected chi connectivity index (χ2v) is 9.18. The molecule has 0 aliphatic rings. The molecule has 146 valence electrons. The molecule has 5 nitrogen and oxygen atoms in total. The molecule has 0 saturated carbocycles. The largest absolute Gasteiger partial charge is 0.322 e. The van der Waals surface area contributed by atoms with Gasteiger partial charge in [0.15, 0.2) is 0 Å². The minimum atomic E-state index is -3.75. The molecule has 0 atom stereocenters. The van der Waals surface area contributed by atoms with Crippen LogP contribution in [0.15, 0.2) is 93.0 Å². The number of aromatic nitrogens is 1. The molecule has 1 aromatic heterocycles. The third kappa shape index (κ3) is 4.03. The molecule has 7 heteroatoms. The van der Waals surface area contributed by atoms with Crippen LogP contribution in [0.5, 0.6) is 0 Å². The highest BCUT2D eigenvalue weighted by atomic mass is 79.9. The normalized spacial score (nSPS) is 11.6. The summed E-state index contributed by atoms with van der Waals surface area (Å²) >= 11 is 3.48. The van der Waals surface area contributed by atoms with Crippen LogP contribution in [0.25, 0.3) is 22.0 Å². The lowest BCUT2D eigenvalue weighted by Gasteiger charge is -2.14. The maximum atomic E-state index is 12.9. The number of fused-ring (bicyclic) bond motifs is 1. The molecule has 1 heterocycles. The van der Waals surface area contributed by atoms with Crippen LogP contribution in [0.3, 0.4) is 0 Å². The van der Waals surface area contributed by atoms with Gasteiger partial charge in [-0.15, -0.1) is 0 Å². The first kappa shape index (κ1) is 19.6. The van der Waals surface area contributed by atoms with Gasteiger partial charge in [0, 0.05) is 33.0 Å². The number of halogens is 1. The molecule has 0 radical (unpaired) electrons. The molecule has 0 aliphatic carbocycles. The molecule has 0 fully saturated rings. The monoisotopic (exact) mass is 468 g/mol. The maximum absolute atomic E-state index is 12.9. The van der Waals surface area contributed by atoms with E-state index in [0.29, 0.717) is 16.6 Å². The summed E-state index contributed by atoms with van der Waals surface area (Å²) in [6.45, 7) is -0.126. The first-order chi connectivity index (χ1) is 14.0. The smallest absolute Gasteiger partial charge is 0.253 e. The molecular weight excluding hydrogens is 452 g/mol. The number of benzene rings is 3. The number of hydrogen-bond acceptors (Lipinski definition) is 3. The minimum absolute atomic E-state index is 0.126. The van der Waals surface area contributed by atoms with Crippen molar-refractivity contribution < 1.29 is 8.42 Å². The lowest BCUT2D eigenvalue weighted by molar-refractivity contribution is 0.581. The Bertz CT molecular complexity index is 1340. The Kier molecular flexibility index (Phi) is 5.36. The van der Waals surface area contributed by atoms with Crippen LogP contribution in [0.1, 0.15) is 5.56 Å². The Labute approximate surface area is 176 Å². The lowest BCUT2D eigenvalue weighted by atomic mass is 9.96. The zero-order valence-corrected chi connectivity index (χ0v) is 17.6. The van der Waals surface area contributed by atoms with Gasteiger partial charge in [0.2, 0.25) is 10.0 Å². The predicted octanol–water partition coefficient (Wildman–Crippen LogP) is 4.44. The predicted molar refractivity (Wildman–Crippen MR) is 118 cm³/mol. The van der Waals surface area contributed by atoms with Gasteiger partial charge in [-0.25, -0.2) is 13.1 Å². The highest BCUT2D eigenvalue weighted by molar-refractivity contribution is 9.10. The van der Waals surface area contributed by atoms with Crippen LogP contribution < -0.4 is 10.3 Å². The number of hydrogen-bond donors (Lipinski definition) is 2. The molecular formula is C22H17BrN2O3S. The van der Waals surface area contributed by atoms with E-state index < -0.39 is 10.0 Å². The molecule has 3 aromatic carbocycles. The van der Waals surface area contributed by atoms with Gasteiger partial charge < -0.3 is 4.98 Å². The minimum Gasteiger partial charge on any atom is -0.322 e. The summed E-state index contributed by atoms with van der Waals surface area (Å²) in [5.74, 6) is 0. The molecule has 4 aromatic rings. The van der Waals surface area contributed by atoms with E-state index in [2.05, 4.69) is 25.6 Å². The number of sulfonamides is 1. The summed E-state index contributed by atoms with van der Waals surface area (Å²) in [5, 5.41) is 0.832. The highest BCUT2D eigenvalue weighted by Gasteiger charge is 2.19. The summed E-state index contributed by atoms with van der Waals surface area (Å²) in [6.07, 6.45) is 0. The molecule has 0 spiro atoms. The Morgan fingerprint density at radius 1 is 0.897 bits per heavy atom. The van der Waals surface area contributed by atoms with E-state index in [-0.39, 0.29) is 17.0 Å². The van der Waals surface area contributed by atoms with E-state index in [1.165, 1.54) is 12.1 Å². The van der Waals surface area contributed by atoms with Gasteiger partial charge >= 0.3 is 0 Å². The number of aromatic amines is 1. The Morgan fingerprint density at radius 2 is 1.55 bits per heavy atom. The van der Waals surface area contributed by atoms with Gasteiger partial charge in [-0.05, 0) is 35.9 Å². The van der Waals surface area contributed by atoms with Crippen molar-refractivity contribution in [3.05, 3.63) is 99.3 Å². The summed E-state index contributed by atoms with van der Waals surface area (Å²) < 4.78 is 28.7. The highest BCUT2D eigenvalue weighted by Crippen LogP contribution is 2.31. The van der Waals surface area contributed by atoms with E-state index in [1.807, 2.05) is 48.5 Å². The van der Waals surface area contributed by atoms with Crippen LogP contribution in [-0.4, -0.2) is 13.4 Å². The van der Waals surface area contributed by atoms with Crippen LogP contribution in [0, 0.1) is 0 Å². The van der Waals surface area contributed by atoms with Gasteiger partial charge in [-0.3, -0.25) is 4.79 Å². The fourth-order valence-corrected chi connectivity index (χ4v) is 4.64. The summed E-state index contributed by atoms with van der Waals surface area (Å²) in [7, 11) is -3.75. The fraction of sp³-hybridized carbons (Fsp3) is 0.0455. The molecule has 0 amide bonds. The zero-order chi connectivity index (χ0) is 20.4. The molecule has 0 bridgehead atoms. The second-order valence-electron chi connectivity index (χ2n) is 6.50. The summed E-state index contributed by atoms with van der Waals surface area (Å²) in [4.78, 5) is 15.9. The van der Waals surface area contributed by atoms with Crippen LogP contribution in [0.2, 0.25) is 0 Å². The quantitative estimate of drug-likeness (QED) is 0.454. The van der Waals surface area contributed by atoms with E-state index in [1.54, 1.807) is 18.2 Å². The van der Waals surface area contributed by atoms with Crippen LogP contribution >= 0.6 is 15.9 Å². The number of rotatable bonds is 5. The van der Waals surface area contributed by atoms with Crippen molar-refractivity contribution >= 4 is 36.9 Å². The average molecular weight is 469 g/mol. The van der Waals surface area contributed by atoms with Gasteiger partial charge in [0.25, 0.3) is 5.56 Å². The molecule has 0 saturated heterocycles. The molecule has 2 N–H and O–H groups in total. The number of H-pyrrole nitrogens is 1. The zero-order valence-electron chi connectivity index (χ0n) is 15.2. The number of pyridine rings is 1. The fourth-order valence-electron chi connectivity index (χ4n) is 3.26. The summed E-state index contributed by atoms with van der Waals surface area (Å²) in [6, 6.07) is 23.2. The lowest BCUT2D eigenvalue weighted by Crippen LogP contribution is -2.27. The van der Waals surface area contributed by atoms with E-state index in [9.17, 15) is 13.2 Å². The SMILES string of the molecule is O=c1[nH]c2ccc(Br)cc2c(-c2ccccc2)c1CNS(=O)(=O)c1ccccc1. The van der Waals surface area contributed by atoms with Crippen molar-refractivity contribution in [3.8, 4) is 11.1 Å². The van der Waals surface area contributed by atoms with Crippen molar-refractivity contribution in [3.63, 3.8) is 0 Å². The van der Waals surface area contributed by atoms with Crippen molar-refractivity contribution in [2.45, 2.75) is 11.4 Å². The molecule has 0 unspecified atom stereocenters. The van der Waals surface area contributed by atoms with Crippen molar-refractivity contribution in [1.82, 2.24) is 9.71 Å². The molecule has 29 heavy (non-hydrogen) atoms. The second kappa shape index (κ2) is 7.94. The van der Waals surface area contributed by atoms with Crippen LogP contribution in [-0.2, 0) is 16.6 Å². The number of nitrogens with one attached hydrogen (secondary N) is 2. The van der Waals surface area contributed by atoms with Crippen molar-refractivity contribution in [2.75, 3.05) is 0 Å². The van der Waals surface area contributed by atoms with E-state index >= 15 is 0 Å². The first-order valence-electron chi connectivity index (χ1n) is 8.90. The van der Waals surface area contributed by atoms with Gasteiger partial charge in [-0.1, -0.05) is 64.5 Å². The molecule has 4 rings (SSSR count). The first-order valence-corrected chi connectivity index (χ1v) is 11.2. The Balaban J connectivity index is 1.86. The van der Waals surface area contributed by atoms with Gasteiger partial charge in [0.1, 0.15) is 0 Å². The summed E-state index contributed by atoms with van der Waals surface area (Å²) in [5.41, 5.74) is 2.28. The Morgan fingerprint density at radius 3 is 2.24 bits per heavy atom. The Hall–Kier alpha value is -2.74. The standard InChI is InChI=1S/C22H17BrN2O3S/c23-16-11-12-20-18(13-16)21(15-7-3-1-4-8-15)19(22(26)25-20)14-24-29(27,28)17-9-5-2-6-10-17/h1-13,24H,14H2,(H,25,26). The third-order valence-corrected chi connectivity index (χ3v) is 6.54. The van der Waals surface area contributed by atoms with Crippen molar-refractivity contribution in [2.24, 2.45) is 0 Å². The van der Waals surface area contributed by atoms with Crippen molar-refractivity contribution in [1.29, 1.82) is 0 Å². The maximum Gasteiger partial charge on any atom is 0.253 e. The third-order valence-electron chi connectivity index (χ3n) is 4.63. The van der Waals surface area contributed by atoms with E-state index in [4.69, 9.17) is 0 Å². The van der Waals surface area contributed by atoms with Gasteiger partial charge in [-0.2, -0.15) is 0 Å².